The SMILES string of the molecule is CN(Cc1nccn1C)S(=O)(=O)CC1CCCNC1. The summed E-state index contributed by atoms with van der Waals surface area (Å²) in [5, 5.41) is 3.25. The summed E-state index contributed by atoms with van der Waals surface area (Å²) in [6.45, 7) is 2.13. The second-order valence-electron chi connectivity index (χ2n) is 5.20. The number of nitrogens with zero attached hydrogens (tertiary/aromatic N) is 3. The van der Waals surface area contributed by atoms with Gasteiger partial charge in [-0.05, 0) is 31.8 Å². The number of nitrogens with one attached hydrogen (secondary N) is 1. The van der Waals surface area contributed by atoms with Crippen LogP contribution in [0.4, 0.5) is 0 Å². The number of piperidine rings is 1. The van der Waals surface area contributed by atoms with Crippen LogP contribution in [0.3, 0.4) is 0 Å². The van der Waals surface area contributed by atoms with Gasteiger partial charge in [-0.25, -0.2) is 13.4 Å². The van der Waals surface area contributed by atoms with Crippen LogP contribution in [0.2, 0.25) is 0 Å². The number of imidazole rings is 1. The molecule has 6 nitrogen and oxygen atoms in total. The van der Waals surface area contributed by atoms with Crippen LogP contribution in [-0.4, -0.2) is 48.2 Å². The minimum atomic E-state index is -3.21. The van der Waals surface area contributed by atoms with E-state index in [9.17, 15) is 8.42 Å². The highest BCUT2D eigenvalue weighted by Crippen LogP contribution is 2.15. The molecule has 0 aromatic carbocycles. The molecule has 2 rings (SSSR count). The van der Waals surface area contributed by atoms with E-state index in [0.29, 0.717) is 6.54 Å². The lowest BCUT2D eigenvalue weighted by atomic mass is 10.0. The van der Waals surface area contributed by atoms with Crippen molar-refractivity contribution >= 4 is 10.0 Å². The van der Waals surface area contributed by atoms with Gasteiger partial charge in [-0.2, -0.15) is 4.31 Å². The first-order valence-corrected chi connectivity index (χ1v) is 8.21. The monoisotopic (exact) mass is 286 g/mol. The lowest BCUT2D eigenvalue weighted by molar-refractivity contribution is 0.388. The molecule has 0 radical (unpaired) electrons. The van der Waals surface area contributed by atoms with E-state index in [1.54, 1.807) is 13.2 Å². The predicted molar refractivity (Wildman–Crippen MR) is 74.1 cm³/mol. The molecule has 0 spiro atoms. The summed E-state index contributed by atoms with van der Waals surface area (Å²) < 4.78 is 27.8. The van der Waals surface area contributed by atoms with Gasteiger partial charge in [-0.1, -0.05) is 0 Å². The quantitative estimate of drug-likeness (QED) is 0.838. The fourth-order valence-electron chi connectivity index (χ4n) is 2.34. The Morgan fingerprint density at radius 3 is 2.95 bits per heavy atom. The molecule has 0 bridgehead atoms. The van der Waals surface area contributed by atoms with Crippen LogP contribution in [0.1, 0.15) is 18.7 Å². The molecule has 1 aliphatic rings. The van der Waals surface area contributed by atoms with E-state index in [4.69, 9.17) is 0 Å². The topological polar surface area (TPSA) is 67.2 Å². The molecule has 0 amide bonds. The standard InChI is InChI=1S/C12H22N4O2S/c1-15-7-6-14-12(15)9-16(2)19(17,18)10-11-4-3-5-13-8-11/h6-7,11,13H,3-5,8-10H2,1-2H3. The molecule has 1 N–H and O–H groups in total. The highest BCUT2D eigenvalue weighted by atomic mass is 32.2. The average Bonchev–Trinajstić information content (AvgIpc) is 2.76. The minimum absolute atomic E-state index is 0.223. The molecule has 1 aliphatic heterocycles. The van der Waals surface area contributed by atoms with Gasteiger partial charge in [0, 0.05) is 26.5 Å². The van der Waals surface area contributed by atoms with Crippen molar-refractivity contribution in [3.8, 4) is 0 Å². The number of rotatable bonds is 5. The van der Waals surface area contributed by atoms with E-state index in [1.165, 1.54) is 4.31 Å². The Kier molecular flexibility index (Phi) is 4.59. The molecule has 7 heteroatoms. The smallest absolute Gasteiger partial charge is 0.214 e. The fraction of sp³-hybridized carbons (Fsp3) is 0.750. The second kappa shape index (κ2) is 6.02. The van der Waals surface area contributed by atoms with Gasteiger partial charge in [0.1, 0.15) is 5.82 Å². The first kappa shape index (κ1) is 14.5. The van der Waals surface area contributed by atoms with Crippen LogP contribution in [0.15, 0.2) is 12.4 Å². The fourth-order valence-corrected chi connectivity index (χ4v) is 3.78. The molecule has 1 fully saturated rings. The normalized spacial score (nSPS) is 20.9. The average molecular weight is 286 g/mol. The molecule has 1 unspecified atom stereocenters. The van der Waals surface area contributed by atoms with Crippen LogP contribution in [0.5, 0.6) is 0 Å². The molecule has 1 aromatic heterocycles. The third kappa shape index (κ3) is 3.77. The molecule has 19 heavy (non-hydrogen) atoms. The van der Waals surface area contributed by atoms with Crippen LogP contribution in [0, 0.1) is 5.92 Å². The summed E-state index contributed by atoms with van der Waals surface area (Å²) in [6.07, 6.45) is 5.55. The van der Waals surface area contributed by atoms with Gasteiger partial charge in [0.25, 0.3) is 0 Å². The summed E-state index contributed by atoms with van der Waals surface area (Å²) in [4.78, 5) is 4.16. The van der Waals surface area contributed by atoms with Gasteiger partial charge in [-0.3, -0.25) is 0 Å². The maximum Gasteiger partial charge on any atom is 0.214 e. The van der Waals surface area contributed by atoms with Gasteiger partial charge in [0.2, 0.25) is 10.0 Å². The number of sulfonamides is 1. The second-order valence-corrected chi connectivity index (χ2v) is 7.32. The van der Waals surface area contributed by atoms with Gasteiger partial charge >= 0.3 is 0 Å². The van der Waals surface area contributed by atoms with Crippen molar-refractivity contribution < 1.29 is 8.42 Å². The summed E-state index contributed by atoms with van der Waals surface area (Å²) in [5.74, 6) is 1.21. The zero-order chi connectivity index (χ0) is 13.9. The van der Waals surface area contributed by atoms with E-state index < -0.39 is 10.0 Å². The molecule has 2 heterocycles. The highest BCUT2D eigenvalue weighted by molar-refractivity contribution is 7.89. The van der Waals surface area contributed by atoms with Gasteiger partial charge in [-0.15, -0.1) is 0 Å². The lowest BCUT2D eigenvalue weighted by Crippen LogP contribution is -2.38. The molecule has 0 saturated carbocycles. The maximum absolute atomic E-state index is 12.3. The largest absolute Gasteiger partial charge is 0.337 e. The molecule has 1 saturated heterocycles. The number of hydrogen-bond acceptors (Lipinski definition) is 4. The van der Waals surface area contributed by atoms with E-state index in [1.807, 2.05) is 17.8 Å². The third-order valence-electron chi connectivity index (χ3n) is 3.61. The predicted octanol–water partition coefficient (Wildman–Crippen LogP) is 0.181. The van der Waals surface area contributed by atoms with E-state index in [0.717, 1.165) is 31.8 Å². The lowest BCUT2D eigenvalue weighted by Gasteiger charge is -2.25. The van der Waals surface area contributed by atoms with Crippen LogP contribution >= 0.6 is 0 Å². The summed E-state index contributed by atoms with van der Waals surface area (Å²) in [7, 11) is 0.281. The Labute approximate surface area is 114 Å². The Balaban J connectivity index is 1.96. The van der Waals surface area contributed by atoms with Crippen molar-refractivity contribution in [2.24, 2.45) is 13.0 Å². The molecule has 108 valence electrons. The first-order chi connectivity index (χ1) is 8.99. The van der Waals surface area contributed by atoms with Crippen molar-refractivity contribution in [3.63, 3.8) is 0 Å². The van der Waals surface area contributed by atoms with Gasteiger partial charge in [0.15, 0.2) is 0 Å². The first-order valence-electron chi connectivity index (χ1n) is 6.60. The van der Waals surface area contributed by atoms with E-state index in [-0.39, 0.29) is 11.7 Å². The number of hydrogen-bond donors (Lipinski definition) is 1. The van der Waals surface area contributed by atoms with Crippen molar-refractivity contribution in [1.82, 2.24) is 19.2 Å². The van der Waals surface area contributed by atoms with Crippen LogP contribution in [-0.2, 0) is 23.6 Å². The summed E-state index contributed by atoms with van der Waals surface area (Å²) >= 11 is 0. The van der Waals surface area contributed by atoms with Crippen molar-refractivity contribution in [3.05, 3.63) is 18.2 Å². The molecular weight excluding hydrogens is 264 g/mol. The maximum atomic E-state index is 12.3. The summed E-state index contributed by atoms with van der Waals surface area (Å²) in [6, 6.07) is 0. The molecule has 1 atom stereocenters. The van der Waals surface area contributed by atoms with Gasteiger partial charge in [0.05, 0.1) is 12.3 Å². The summed E-state index contributed by atoms with van der Waals surface area (Å²) in [5.41, 5.74) is 0. The van der Waals surface area contributed by atoms with Crippen molar-refractivity contribution in [2.75, 3.05) is 25.9 Å². The van der Waals surface area contributed by atoms with Gasteiger partial charge < -0.3 is 9.88 Å². The highest BCUT2D eigenvalue weighted by Gasteiger charge is 2.25. The van der Waals surface area contributed by atoms with E-state index in [2.05, 4.69) is 10.3 Å². The molecular formula is C12H22N4O2S. The van der Waals surface area contributed by atoms with Crippen LogP contribution in [0.25, 0.3) is 0 Å². The Morgan fingerprint density at radius 2 is 2.37 bits per heavy atom. The van der Waals surface area contributed by atoms with Crippen LogP contribution < -0.4 is 5.32 Å². The number of aryl methyl sites for hydroxylation is 1. The zero-order valence-electron chi connectivity index (χ0n) is 11.5. The van der Waals surface area contributed by atoms with E-state index >= 15 is 0 Å². The van der Waals surface area contributed by atoms with Crippen molar-refractivity contribution in [1.29, 1.82) is 0 Å². The third-order valence-corrected chi connectivity index (χ3v) is 5.58. The molecule has 1 aromatic rings. The Bertz CT molecular complexity index is 506. The Hall–Kier alpha value is -0.920. The Morgan fingerprint density at radius 1 is 1.58 bits per heavy atom. The zero-order valence-corrected chi connectivity index (χ0v) is 12.4. The number of aromatic nitrogens is 2. The van der Waals surface area contributed by atoms with Crippen molar-refractivity contribution in [2.45, 2.75) is 19.4 Å². The minimum Gasteiger partial charge on any atom is -0.337 e. The molecule has 0 aliphatic carbocycles.